The number of fused-ring (bicyclic) bond motifs is 1. The number of hydrogen-bond acceptors (Lipinski definition) is 3. The van der Waals surface area contributed by atoms with Crippen molar-refractivity contribution in [2.45, 2.75) is 45.4 Å². The standard InChI is InChI=1S/C23H30FN3O/c1-2-25-13-15-26(16-14-25)23-17-21(18-9-11-19(24)12-10-18)20-7-5-3-4-6-8-22(20)27(23)28/h9-12,17H,2-8,13-16H2,1H3. The van der Waals surface area contributed by atoms with Gasteiger partial charge in [0, 0.05) is 31.1 Å². The number of hydrogen-bond donors (Lipinski definition) is 0. The fourth-order valence-electron chi connectivity index (χ4n) is 4.57. The van der Waals surface area contributed by atoms with Crippen LogP contribution in [0.4, 0.5) is 10.2 Å². The highest BCUT2D eigenvalue weighted by Crippen LogP contribution is 2.32. The van der Waals surface area contributed by atoms with Crippen LogP contribution in [0.15, 0.2) is 30.3 Å². The Bertz CT molecular complexity index is 814. The van der Waals surface area contributed by atoms with Gasteiger partial charge in [-0.25, -0.2) is 9.12 Å². The molecule has 1 aromatic heterocycles. The van der Waals surface area contributed by atoms with Gasteiger partial charge in [0.25, 0.3) is 5.82 Å². The summed E-state index contributed by atoms with van der Waals surface area (Å²) in [5, 5.41) is 13.4. The van der Waals surface area contributed by atoms with Gasteiger partial charge >= 0.3 is 0 Å². The molecule has 4 rings (SSSR count). The van der Waals surface area contributed by atoms with E-state index in [4.69, 9.17) is 0 Å². The first kappa shape index (κ1) is 19.2. The Balaban J connectivity index is 1.79. The van der Waals surface area contributed by atoms with E-state index >= 15 is 0 Å². The lowest BCUT2D eigenvalue weighted by molar-refractivity contribution is -0.601. The van der Waals surface area contributed by atoms with Gasteiger partial charge in [0.15, 0.2) is 0 Å². The van der Waals surface area contributed by atoms with Crippen molar-refractivity contribution in [1.29, 1.82) is 0 Å². The first-order valence-corrected chi connectivity index (χ1v) is 10.7. The minimum absolute atomic E-state index is 0.225. The lowest BCUT2D eigenvalue weighted by Gasteiger charge is -2.33. The van der Waals surface area contributed by atoms with Crippen LogP contribution in [0.5, 0.6) is 0 Å². The number of piperazine rings is 1. The van der Waals surface area contributed by atoms with Crippen LogP contribution < -0.4 is 9.63 Å². The van der Waals surface area contributed by atoms with Gasteiger partial charge in [0.1, 0.15) is 11.5 Å². The normalized spacial score (nSPS) is 18.4. The monoisotopic (exact) mass is 383 g/mol. The van der Waals surface area contributed by atoms with Gasteiger partial charge in [-0.3, -0.25) is 9.80 Å². The third-order valence-corrected chi connectivity index (χ3v) is 6.29. The molecule has 0 spiro atoms. The topological polar surface area (TPSA) is 33.4 Å². The van der Waals surface area contributed by atoms with Gasteiger partial charge < -0.3 is 5.21 Å². The minimum atomic E-state index is -0.225. The molecule has 5 heteroatoms. The van der Waals surface area contributed by atoms with Crippen molar-refractivity contribution in [3.05, 3.63) is 52.6 Å². The molecule has 1 aliphatic heterocycles. The highest BCUT2D eigenvalue weighted by Gasteiger charge is 2.28. The number of benzene rings is 1. The highest BCUT2D eigenvalue weighted by atomic mass is 19.1. The maximum absolute atomic E-state index is 13.5. The fraction of sp³-hybridized carbons (Fsp3) is 0.522. The van der Waals surface area contributed by atoms with Gasteiger partial charge in [0.05, 0.1) is 13.1 Å². The van der Waals surface area contributed by atoms with Gasteiger partial charge in [-0.1, -0.05) is 31.9 Å². The lowest BCUT2D eigenvalue weighted by atomic mass is 9.90. The van der Waals surface area contributed by atoms with Crippen LogP contribution in [0.3, 0.4) is 0 Å². The number of pyridine rings is 1. The van der Waals surface area contributed by atoms with E-state index in [2.05, 4.69) is 22.8 Å². The average molecular weight is 384 g/mol. The molecular formula is C23H30FN3O. The third kappa shape index (κ3) is 3.86. The summed E-state index contributed by atoms with van der Waals surface area (Å²) >= 11 is 0. The van der Waals surface area contributed by atoms with Crippen molar-refractivity contribution in [2.75, 3.05) is 37.6 Å². The molecule has 28 heavy (non-hydrogen) atoms. The molecule has 2 aliphatic rings. The van der Waals surface area contributed by atoms with Gasteiger partial charge in [-0.2, -0.15) is 0 Å². The van der Waals surface area contributed by atoms with Gasteiger partial charge in [0.2, 0.25) is 0 Å². The Morgan fingerprint density at radius 1 is 0.964 bits per heavy atom. The van der Waals surface area contributed by atoms with E-state index < -0.39 is 0 Å². The first-order valence-electron chi connectivity index (χ1n) is 10.7. The van der Waals surface area contributed by atoms with Crippen LogP contribution in [0.25, 0.3) is 11.1 Å². The van der Waals surface area contributed by atoms with E-state index in [1.165, 1.54) is 29.7 Å². The van der Waals surface area contributed by atoms with E-state index in [1.807, 2.05) is 12.1 Å². The zero-order valence-electron chi connectivity index (χ0n) is 16.8. The summed E-state index contributed by atoms with van der Waals surface area (Å²) in [7, 11) is 0. The van der Waals surface area contributed by atoms with Crippen molar-refractivity contribution in [2.24, 2.45) is 0 Å². The zero-order chi connectivity index (χ0) is 19.5. The van der Waals surface area contributed by atoms with Crippen LogP contribution in [-0.4, -0.2) is 37.6 Å². The summed E-state index contributed by atoms with van der Waals surface area (Å²) < 4.78 is 14.7. The summed E-state index contributed by atoms with van der Waals surface area (Å²) in [5.41, 5.74) is 4.20. The molecule has 0 saturated carbocycles. The van der Waals surface area contributed by atoms with E-state index in [1.54, 1.807) is 0 Å². The minimum Gasteiger partial charge on any atom is -0.710 e. The molecule has 0 bridgehead atoms. The molecule has 0 unspecified atom stereocenters. The molecule has 1 aromatic carbocycles. The second-order valence-corrected chi connectivity index (χ2v) is 7.98. The van der Waals surface area contributed by atoms with Crippen molar-refractivity contribution in [1.82, 2.24) is 4.90 Å². The van der Waals surface area contributed by atoms with E-state index in [0.717, 1.165) is 86.6 Å². The van der Waals surface area contributed by atoms with Crippen LogP contribution in [-0.2, 0) is 12.8 Å². The molecule has 0 amide bonds. The largest absolute Gasteiger partial charge is 0.710 e. The fourth-order valence-corrected chi connectivity index (χ4v) is 4.57. The second-order valence-electron chi connectivity index (χ2n) is 7.98. The van der Waals surface area contributed by atoms with Crippen molar-refractivity contribution < 1.29 is 9.12 Å². The number of halogens is 1. The first-order chi connectivity index (χ1) is 13.7. The number of aromatic nitrogens is 1. The van der Waals surface area contributed by atoms with Crippen LogP contribution in [0.2, 0.25) is 0 Å². The molecular weight excluding hydrogens is 353 g/mol. The summed E-state index contributed by atoms with van der Waals surface area (Å²) in [4.78, 5) is 4.64. The van der Waals surface area contributed by atoms with E-state index in [-0.39, 0.29) is 5.82 Å². The molecule has 0 radical (unpaired) electrons. The van der Waals surface area contributed by atoms with Crippen molar-refractivity contribution in [3.8, 4) is 11.1 Å². The predicted octanol–water partition coefficient (Wildman–Crippen LogP) is 3.93. The maximum atomic E-state index is 13.5. The second kappa shape index (κ2) is 8.48. The summed E-state index contributed by atoms with van der Waals surface area (Å²) in [6.07, 6.45) is 6.32. The molecule has 1 saturated heterocycles. The Morgan fingerprint density at radius 3 is 2.32 bits per heavy atom. The van der Waals surface area contributed by atoms with Crippen molar-refractivity contribution in [3.63, 3.8) is 0 Å². The smallest absolute Gasteiger partial charge is 0.280 e. The summed E-state index contributed by atoms with van der Waals surface area (Å²) in [6.45, 7) is 6.95. The lowest BCUT2D eigenvalue weighted by Crippen LogP contribution is -2.51. The molecule has 4 nitrogen and oxygen atoms in total. The highest BCUT2D eigenvalue weighted by molar-refractivity contribution is 5.70. The van der Waals surface area contributed by atoms with Crippen LogP contribution in [0, 0.1) is 11.0 Å². The Hall–Kier alpha value is -2.14. The number of anilines is 1. The van der Waals surface area contributed by atoms with Crippen molar-refractivity contribution >= 4 is 5.82 Å². The number of likely N-dealkylation sites (N-methyl/N-ethyl adjacent to an activating group) is 1. The summed E-state index contributed by atoms with van der Waals surface area (Å²) in [6, 6.07) is 8.78. The molecule has 0 atom stereocenters. The maximum Gasteiger partial charge on any atom is 0.280 e. The van der Waals surface area contributed by atoms with Crippen LogP contribution >= 0.6 is 0 Å². The predicted molar refractivity (Wildman–Crippen MR) is 111 cm³/mol. The van der Waals surface area contributed by atoms with E-state index in [0.29, 0.717) is 0 Å². The molecule has 2 heterocycles. The van der Waals surface area contributed by atoms with Gasteiger partial charge in [-0.05, 0) is 49.1 Å². The van der Waals surface area contributed by atoms with E-state index in [9.17, 15) is 9.60 Å². The SMILES string of the molecule is CCN1CCN(c2cc(-c3ccc(F)cc3)c3c([n+]2[O-])CCCCCC3)CC1. The average Bonchev–Trinajstić information content (AvgIpc) is 2.70. The molecule has 0 N–H and O–H groups in total. The summed E-state index contributed by atoms with van der Waals surface area (Å²) in [5.74, 6) is 0.534. The molecule has 1 aliphatic carbocycles. The molecule has 1 fully saturated rings. The zero-order valence-corrected chi connectivity index (χ0v) is 16.8. The molecule has 150 valence electrons. The Labute approximate surface area is 167 Å². The number of nitrogens with zero attached hydrogens (tertiary/aromatic N) is 3. The van der Waals surface area contributed by atoms with Crippen LogP contribution in [0.1, 0.15) is 43.9 Å². The quantitative estimate of drug-likeness (QED) is 0.595. The third-order valence-electron chi connectivity index (χ3n) is 6.29. The van der Waals surface area contributed by atoms with Gasteiger partial charge in [-0.15, -0.1) is 0 Å². The molecule has 2 aromatic rings. The Morgan fingerprint density at radius 2 is 1.64 bits per heavy atom. The Kier molecular flexibility index (Phi) is 5.81. The number of rotatable bonds is 3.